The van der Waals surface area contributed by atoms with Gasteiger partial charge in [-0.2, -0.15) is 0 Å². The smallest absolute Gasteiger partial charge is 0.318 e. The van der Waals surface area contributed by atoms with E-state index in [9.17, 15) is 4.79 Å². The topological polar surface area (TPSA) is 44.8 Å². The van der Waals surface area contributed by atoms with E-state index < -0.39 is 5.92 Å². The number of benzene rings is 3. The number of carbonyl (C=O) groups excluding carboxylic acids is 1. The normalized spacial score (nSPS) is 20.7. The number of fused-ring (bicyclic) bond motifs is 2. The van der Waals surface area contributed by atoms with Crippen LogP contribution in [0, 0.1) is 6.92 Å². The summed E-state index contributed by atoms with van der Waals surface area (Å²) in [6, 6.07) is 23.6. The second-order valence-corrected chi connectivity index (χ2v) is 9.68. The molecule has 3 aromatic carbocycles. The Bertz CT molecular complexity index is 1140. The van der Waals surface area contributed by atoms with Gasteiger partial charge >= 0.3 is 5.97 Å². The van der Waals surface area contributed by atoms with Crippen LogP contribution in [0.1, 0.15) is 35.4 Å². The minimum atomic E-state index is -0.456. The number of hydrogen-bond donors (Lipinski definition) is 0. The van der Waals surface area contributed by atoms with E-state index >= 15 is 0 Å². The zero-order valence-electron chi connectivity index (χ0n) is 20.3. The molecular formula is C29H32BrNO4. The standard InChI is InChI=1S/C29H32NO4.BrH/c1-21-10-3-6-13-25(21)32-19-9-17-30(2)18-16-22(20-30)33-29(31)28-23-11-4-7-14-26(23)34-27-15-8-5-12-24(27)28;/h3-8,10-15,22,28H,9,16-20H2,1-2H3;1H/q+1;/p-1. The molecule has 5 rings (SSSR count). The van der Waals surface area contributed by atoms with Crippen molar-refractivity contribution in [1.82, 2.24) is 0 Å². The number of rotatable bonds is 7. The summed E-state index contributed by atoms with van der Waals surface area (Å²) in [5.41, 5.74) is 2.90. The monoisotopic (exact) mass is 537 g/mol. The first-order valence-electron chi connectivity index (χ1n) is 12.1. The van der Waals surface area contributed by atoms with Crippen molar-refractivity contribution in [2.24, 2.45) is 0 Å². The maximum Gasteiger partial charge on any atom is 0.318 e. The summed E-state index contributed by atoms with van der Waals surface area (Å²) < 4.78 is 19.0. The number of ether oxygens (including phenoxy) is 3. The first-order chi connectivity index (χ1) is 16.5. The molecule has 0 aromatic heterocycles. The van der Waals surface area contributed by atoms with Gasteiger partial charge in [-0.05, 0) is 30.7 Å². The zero-order chi connectivity index (χ0) is 23.5. The van der Waals surface area contributed by atoms with Crippen LogP contribution in [0.3, 0.4) is 0 Å². The Morgan fingerprint density at radius 2 is 1.60 bits per heavy atom. The number of likely N-dealkylation sites (tertiary alicyclic amines) is 1. The number of quaternary nitrogens is 1. The van der Waals surface area contributed by atoms with Crippen molar-refractivity contribution < 1.29 is 40.5 Å². The van der Waals surface area contributed by atoms with Crippen molar-refractivity contribution >= 4 is 5.97 Å². The molecule has 0 radical (unpaired) electrons. The molecule has 0 bridgehead atoms. The largest absolute Gasteiger partial charge is 1.00 e. The van der Waals surface area contributed by atoms with Crippen molar-refractivity contribution in [2.75, 3.05) is 33.3 Å². The number of halogens is 1. The van der Waals surface area contributed by atoms with E-state index in [2.05, 4.69) is 20.0 Å². The lowest BCUT2D eigenvalue weighted by Gasteiger charge is -2.30. The van der Waals surface area contributed by atoms with Crippen LogP contribution < -0.4 is 26.5 Å². The SMILES string of the molecule is Cc1ccccc1OCCC[N+]1(C)CCC(OC(=O)C2c3ccccc3Oc3ccccc32)C1.[Br-]. The molecule has 35 heavy (non-hydrogen) atoms. The van der Waals surface area contributed by atoms with Crippen LogP contribution in [-0.2, 0) is 9.53 Å². The summed E-state index contributed by atoms with van der Waals surface area (Å²) in [4.78, 5) is 13.4. The summed E-state index contributed by atoms with van der Waals surface area (Å²) >= 11 is 0. The van der Waals surface area contributed by atoms with Crippen LogP contribution >= 0.6 is 0 Å². The maximum absolute atomic E-state index is 13.4. The molecule has 2 aliphatic rings. The van der Waals surface area contributed by atoms with Crippen molar-refractivity contribution in [2.45, 2.75) is 31.8 Å². The Morgan fingerprint density at radius 1 is 0.971 bits per heavy atom. The summed E-state index contributed by atoms with van der Waals surface area (Å²) in [5, 5.41) is 0. The lowest BCUT2D eigenvalue weighted by molar-refractivity contribution is -0.899. The summed E-state index contributed by atoms with van der Waals surface area (Å²) in [5.74, 6) is 1.76. The number of likely N-dealkylation sites (N-methyl/N-ethyl adjacent to an activating group) is 1. The molecule has 3 aromatic rings. The second-order valence-electron chi connectivity index (χ2n) is 9.68. The van der Waals surface area contributed by atoms with Crippen LogP contribution in [0.15, 0.2) is 72.8 Å². The zero-order valence-corrected chi connectivity index (χ0v) is 21.9. The molecule has 0 amide bonds. The van der Waals surface area contributed by atoms with Crippen LogP contribution in [0.2, 0.25) is 0 Å². The average Bonchev–Trinajstić information content (AvgIpc) is 3.21. The lowest BCUT2D eigenvalue weighted by atomic mass is 9.88. The van der Waals surface area contributed by atoms with Crippen LogP contribution in [0.25, 0.3) is 0 Å². The maximum atomic E-state index is 13.4. The number of hydrogen-bond acceptors (Lipinski definition) is 4. The van der Waals surface area contributed by atoms with Gasteiger partial charge in [0.05, 0.1) is 26.7 Å². The third-order valence-electron chi connectivity index (χ3n) is 7.03. The average molecular weight is 538 g/mol. The molecule has 2 aliphatic heterocycles. The third-order valence-corrected chi connectivity index (χ3v) is 7.03. The van der Waals surface area contributed by atoms with Gasteiger partial charge in [0, 0.05) is 24.0 Å². The van der Waals surface area contributed by atoms with Gasteiger partial charge in [-0.25, -0.2) is 0 Å². The van der Waals surface area contributed by atoms with Gasteiger partial charge in [0.2, 0.25) is 0 Å². The molecule has 0 aliphatic carbocycles. The Morgan fingerprint density at radius 3 is 2.29 bits per heavy atom. The lowest BCUT2D eigenvalue weighted by Crippen LogP contribution is -3.00. The van der Waals surface area contributed by atoms with Crippen molar-refractivity contribution in [3.8, 4) is 17.2 Å². The molecule has 1 fully saturated rings. The van der Waals surface area contributed by atoms with Crippen LogP contribution in [0.4, 0.5) is 0 Å². The van der Waals surface area contributed by atoms with Gasteiger partial charge < -0.3 is 35.7 Å². The number of aryl methyl sites for hydroxylation is 1. The first kappa shape index (κ1) is 25.3. The van der Waals surface area contributed by atoms with E-state index in [0.29, 0.717) is 6.61 Å². The fourth-order valence-electron chi connectivity index (χ4n) is 5.17. The summed E-state index contributed by atoms with van der Waals surface area (Å²) in [6.45, 7) is 5.60. The first-order valence-corrected chi connectivity index (χ1v) is 12.1. The van der Waals surface area contributed by atoms with Crippen LogP contribution in [-0.4, -0.2) is 49.8 Å². The molecule has 2 atom stereocenters. The van der Waals surface area contributed by atoms with E-state index in [1.807, 2.05) is 66.7 Å². The highest BCUT2D eigenvalue weighted by atomic mass is 79.9. The van der Waals surface area contributed by atoms with Gasteiger partial charge in [0.15, 0.2) is 6.10 Å². The quantitative estimate of drug-likeness (QED) is 0.264. The Labute approximate surface area is 218 Å². The molecule has 2 heterocycles. The summed E-state index contributed by atoms with van der Waals surface area (Å²) in [6.07, 6.45) is 1.77. The van der Waals surface area contributed by atoms with E-state index in [1.165, 1.54) is 0 Å². The highest BCUT2D eigenvalue weighted by Gasteiger charge is 2.40. The molecule has 2 unspecified atom stereocenters. The Hall–Kier alpha value is -2.83. The van der Waals surface area contributed by atoms with E-state index in [0.717, 1.165) is 70.9 Å². The Kier molecular flexibility index (Phi) is 7.82. The number of carbonyl (C=O) groups is 1. The molecule has 0 spiro atoms. The molecule has 6 heteroatoms. The molecule has 0 saturated carbocycles. The predicted molar refractivity (Wildman–Crippen MR) is 131 cm³/mol. The fraction of sp³-hybridized carbons (Fsp3) is 0.345. The molecule has 5 nitrogen and oxygen atoms in total. The number of esters is 1. The van der Waals surface area contributed by atoms with Gasteiger partial charge in [-0.1, -0.05) is 54.6 Å². The minimum Gasteiger partial charge on any atom is -1.00 e. The molecule has 184 valence electrons. The molecule has 0 N–H and O–H groups in total. The molecular weight excluding hydrogens is 506 g/mol. The minimum absolute atomic E-state index is 0. The van der Waals surface area contributed by atoms with Crippen molar-refractivity contribution in [3.05, 3.63) is 89.5 Å². The van der Waals surface area contributed by atoms with Crippen molar-refractivity contribution in [1.29, 1.82) is 0 Å². The fourth-order valence-corrected chi connectivity index (χ4v) is 5.17. The number of para-hydroxylation sites is 3. The van der Waals surface area contributed by atoms with E-state index in [1.54, 1.807) is 0 Å². The predicted octanol–water partition coefficient (Wildman–Crippen LogP) is 2.47. The Balaban J connectivity index is 0.00000289. The van der Waals surface area contributed by atoms with E-state index in [4.69, 9.17) is 14.2 Å². The van der Waals surface area contributed by atoms with Gasteiger partial charge in [0.25, 0.3) is 0 Å². The number of nitrogens with zero attached hydrogens (tertiary/aromatic N) is 1. The highest BCUT2D eigenvalue weighted by Crippen LogP contribution is 2.44. The third kappa shape index (κ3) is 5.54. The van der Waals surface area contributed by atoms with Crippen LogP contribution in [0.5, 0.6) is 17.2 Å². The molecule has 1 saturated heterocycles. The van der Waals surface area contributed by atoms with Crippen molar-refractivity contribution in [3.63, 3.8) is 0 Å². The highest BCUT2D eigenvalue weighted by molar-refractivity contribution is 5.85. The van der Waals surface area contributed by atoms with Gasteiger partial charge in [-0.15, -0.1) is 0 Å². The van der Waals surface area contributed by atoms with Gasteiger partial charge in [0.1, 0.15) is 29.7 Å². The summed E-state index contributed by atoms with van der Waals surface area (Å²) in [7, 11) is 2.25. The second kappa shape index (κ2) is 10.8. The van der Waals surface area contributed by atoms with Gasteiger partial charge in [-0.3, -0.25) is 4.79 Å². The van der Waals surface area contributed by atoms with E-state index in [-0.39, 0.29) is 29.1 Å².